The molecule has 0 radical (unpaired) electrons. The van der Waals surface area contributed by atoms with Gasteiger partial charge in [-0.25, -0.2) is 0 Å². The van der Waals surface area contributed by atoms with E-state index >= 15 is 0 Å². The highest BCUT2D eigenvalue weighted by Crippen LogP contribution is 2.32. The highest BCUT2D eigenvalue weighted by Gasteiger charge is 2.33. The van der Waals surface area contributed by atoms with Crippen molar-refractivity contribution in [2.75, 3.05) is 24.6 Å². The smallest absolute Gasteiger partial charge is 0.294 e. The van der Waals surface area contributed by atoms with Crippen LogP contribution in [0, 0.1) is 0 Å². The molecule has 4 rings (SSSR count). The van der Waals surface area contributed by atoms with Crippen molar-refractivity contribution in [1.82, 2.24) is 9.80 Å². The summed E-state index contributed by atoms with van der Waals surface area (Å²) in [4.78, 5) is 4.03. The Morgan fingerprint density at radius 2 is 1.11 bits per heavy atom. The lowest BCUT2D eigenvalue weighted by molar-refractivity contribution is 0.413. The minimum atomic E-state index is -4.32. The van der Waals surface area contributed by atoms with Gasteiger partial charge >= 0.3 is 0 Å². The summed E-state index contributed by atoms with van der Waals surface area (Å²) in [6.07, 6.45) is 0.854. The van der Waals surface area contributed by atoms with Crippen LogP contribution in [-0.4, -0.2) is 82.8 Å². The predicted octanol–water partition coefficient (Wildman–Crippen LogP) is 3.47. The molecule has 0 aliphatic carbocycles. The summed E-state index contributed by atoms with van der Waals surface area (Å²) in [6, 6.07) is 12.9. The van der Waals surface area contributed by atoms with Crippen molar-refractivity contribution in [1.29, 1.82) is 0 Å². The van der Waals surface area contributed by atoms with Gasteiger partial charge in [-0.15, -0.1) is 33.7 Å². The molecule has 0 aromatic heterocycles. The number of hydrogen-bond donors (Lipinski definition) is 2. The van der Waals surface area contributed by atoms with E-state index in [-0.39, 0.29) is 20.5 Å². The first kappa shape index (κ1) is 28.9. The third kappa shape index (κ3) is 6.54. The van der Waals surface area contributed by atoms with Crippen LogP contribution in [-0.2, 0) is 33.1 Å². The van der Waals surface area contributed by atoms with Gasteiger partial charge in [0.05, 0.1) is 32.0 Å². The second-order valence-electron chi connectivity index (χ2n) is 8.71. The van der Waals surface area contributed by atoms with Crippen molar-refractivity contribution in [2.24, 2.45) is 10.2 Å². The fourth-order valence-electron chi connectivity index (χ4n) is 4.64. The molecule has 0 saturated carbocycles. The third-order valence-corrected chi connectivity index (χ3v) is 10.8. The lowest BCUT2D eigenvalue weighted by Crippen LogP contribution is -2.35. The Labute approximate surface area is 232 Å². The van der Waals surface area contributed by atoms with Gasteiger partial charge in [-0.05, 0) is 37.1 Å². The molecule has 2 aromatic rings. The Hall–Kier alpha value is -2.10. The number of likely N-dealkylation sites (N-methyl/N-ethyl adjacent to an activating group) is 2. The van der Waals surface area contributed by atoms with Gasteiger partial charge in [0.15, 0.2) is 0 Å². The van der Waals surface area contributed by atoms with E-state index in [4.69, 9.17) is 0 Å². The Balaban J connectivity index is 1.50. The van der Waals surface area contributed by atoms with Crippen LogP contribution in [0.2, 0.25) is 0 Å². The number of thioether (sulfide) groups is 2. The second-order valence-corrected chi connectivity index (χ2v) is 13.8. The Morgan fingerprint density at radius 1 is 0.737 bits per heavy atom. The zero-order valence-electron chi connectivity index (χ0n) is 21.0. The molecule has 2 saturated heterocycles. The van der Waals surface area contributed by atoms with Gasteiger partial charge in [0.25, 0.3) is 20.2 Å². The first-order valence-electron chi connectivity index (χ1n) is 12.0. The lowest BCUT2D eigenvalue weighted by atomic mass is 10.1. The summed E-state index contributed by atoms with van der Waals surface area (Å²) in [5.41, 5.74) is 1.10. The Bertz CT molecular complexity index is 1340. The molecule has 2 N–H and O–H groups in total. The quantitative estimate of drug-likeness (QED) is 0.326. The maximum absolute atomic E-state index is 11.8. The first-order chi connectivity index (χ1) is 18.0. The van der Waals surface area contributed by atoms with Gasteiger partial charge in [-0.2, -0.15) is 16.8 Å². The summed E-state index contributed by atoms with van der Waals surface area (Å²) in [6.45, 7) is 5.33. The summed E-state index contributed by atoms with van der Waals surface area (Å²) >= 11 is 3.29. The summed E-state index contributed by atoms with van der Waals surface area (Å²) < 4.78 is 66.4. The van der Waals surface area contributed by atoms with E-state index in [0.29, 0.717) is 48.6 Å². The van der Waals surface area contributed by atoms with Crippen LogP contribution in [0.5, 0.6) is 0 Å². The number of nitrogens with zero attached hydrogens (tertiary/aromatic N) is 4. The van der Waals surface area contributed by atoms with Crippen molar-refractivity contribution < 1.29 is 25.9 Å². The topological polar surface area (TPSA) is 140 Å². The van der Waals surface area contributed by atoms with Crippen LogP contribution < -0.4 is 0 Å². The minimum Gasteiger partial charge on any atom is -0.346 e. The van der Waals surface area contributed by atoms with Gasteiger partial charge in [0.1, 0.15) is 11.7 Å². The van der Waals surface area contributed by atoms with Crippen LogP contribution in [0.1, 0.15) is 25.0 Å². The summed E-state index contributed by atoms with van der Waals surface area (Å²) in [7, 11) is -8.63. The Morgan fingerprint density at radius 3 is 1.45 bits per heavy atom. The molecule has 2 aliphatic heterocycles. The average Bonchev–Trinajstić information content (AvgIpc) is 3.44. The van der Waals surface area contributed by atoms with Crippen LogP contribution >= 0.6 is 23.5 Å². The van der Waals surface area contributed by atoms with Gasteiger partial charge in [-0.1, -0.05) is 36.4 Å². The lowest BCUT2D eigenvalue weighted by Gasteiger charge is -2.25. The maximum Gasteiger partial charge on any atom is 0.294 e. The van der Waals surface area contributed by atoms with Gasteiger partial charge in [0, 0.05) is 25.9 Å². The van der Waals surface area contributed by atoms with E-state index in [0.717, 1.165) is 11.7 Å². The third-order valence-electron chi connectivity index (χ3n) is 6.42. The van der Waals surface area contributed by atoms with Crippen LogP contribution in [0.25, 0.3) is 0 Å². The zero-order chi connectivity index (χ0) is 27.5. The maximum atomic E-state index is 11.8. The van der Waals surface area contributed by atoms with Crippen molar-refractivity contribution in [3.63, 3.8) is 0 Å². The SMILES string of the molecule is CCN1C(=NN=C2CSC(Cc3ccccc3S(=O)(=O)O)N2CC)CSC1Cc1ccccc1S(=O)(=O)O. The molecule has 0 bridgehead atoms. The predicted molar refractivity (Wildman–Crippen MR) is 152 cm³/mol. The van der Waals surface area contributed by atoms with Gasteiger partial charge < -0.3 is 9.80 Å². The zero-order valence-corrected chi connectivity index (χ0v) is 24.2. The highest BCUT2D eigenvalue weighted by atomic mass is 32.2. The van der Waals surface area contributed by atoms with Crippen LogP contribution in [0.3, 0.4) is 0 Å². The number of amidine groups is 2. The van der Waals surface area contributed by atoms with Crippen molar-refractivity contribution in [3.05, 3.63) is 59.7 Å². The largest absolute Gasteiger partial charge is 0.346 e. The number of benzene rings is 2. The average molecular weight is 599 g/mol. The van der Waals surface area contributed by atoms with E-state index in [2.05, 4.69) is 20.0 Å². The number of rotatable bonds is 9. The minimum absolute atomic E-state index is 0.0493. The molecule has 206 valence electrons. The molecule has 2 aliphatic rings. The van der Waals surface area contributed by atoms with Gasteiger partial charge in [-0.3, -0.25) is 9.11 Å². The first-order valence-corrected chi connectivity index (χ1v) is 17.0. The molecule has 38 heavy (non-hydrogen) atoms. The fourth-order valence-corrected chi connectivity index (χ4v) is 8.74. The molecular formula is C24H30N4O6S4. The molecule has 0 amide bonds. The van der Waals surface area contributed by atoms with Crippen molar-refractivity contribution >= 4 is 55.4 Å². The van der Waals surface area contributed by atoms with E-state index < -0.39 is 20.2 Å². The van der Waals surface area contributed by atoms with E-state index in [1.807, 2.05) is 13.8 Å². The Kier molecular flexibility index (Phi) is 9.10. The van der Waals surface area contributed by atoms with Crippen LogP contribution in [0.15, 0.2) is 68.5 Å². The molecule has 10 nitrogen and oxygen atoms in total. The van der Waals surface area contributed by atoms with Crippen molar-refractivity contribution in [3.8, 4) is 0 Å². The molecule has 2 atom stereocenters. The summed E-state index contributed by atoms with van der Waals surface area (Å²) in [5, 5.41) is 9.04. The fraction of sp³-hybridized carbons (Fsp3) is 0.417. The summed E-state index contributed by atoms with van der Waals surface area (Å²) in [5.74, 6) is 2.82. The molecule has 2 unspecified atom stereocenters. The standard InChI is InChI=1S/C24H30N4O6S4/c1-3-27-21(15-35-23(27)13-17-9-5-7-11-19(17)37(29,30)31)25-26-22-16-36-24(28(22)4-2)14-18-10-6-8-12-20(18)38(32,33)34/h5-12,23-24H,3-4,13-16H2,1-2H3,(H,29,30,31)(H,32,33,34). The molecule has 2 aromatic carbocycles. The van der Waals surface area contributed by atoms with E-state index in [1.54, 1.807) is 59.9 Å². The molecule has 2 fully saturated rings. The monoisotopic (exact) mass is 598 g/mol. The molecule has 0 spiro atoms. The van der Waals surface area contributed by atoms with E-state index in [9.17, 15) is 25.9 Å². The second kappa shape index (κ2) is 12.0. The normalized spacial score (nSPS) is 22.6. The molecule has 2 heterocycles. The number of hydrogen-bond acceptors (Lipinski definition) is 8. The van der Waals surface area contributed by atoms with E-state index in [1.165, 1.54) is 12.1 Å². The van der Waals surface area contributed by atoms with Gasteiger partial charge in [0.2, 0.25) is 0 Å². The highest BCUT2D eigenvalue weighted by molar-refractivity contribution is 8.01. The van der Waals surface area contributed by atoms with Crippen LogP contribution in [0.4, 0.5) is 0 Å². The molecular weight excluding hydrogens is 569 g/mol. The van der Waals surface area contributed by atoms with Crippen molar-refractivity contribution in [2.45, 2.75) is 47.2 Å². The molecule has 14 heteroatoms.